The van der Waals surface area contributed by atoms with Gasteiger partial charge >= 0.3 is 18.2 Å². The van der Waals surface area contributed by atoms with Crippen LogP contribution in [-0.4, -0.2) is 47.1 Å². The number of anilines is 1. The molecule has 1 aromatic heterocycles. The lowest BCUT2D eigenvalue weighted by atomic mass is 9.87. The number of nitrogens with zero attached hydrogens (tertiary/aromatic N) is 1. The lowest BCUT2D eigenvalue weighted by Gasteiger charge is -2.30. The van der Waals surface area contributed by atoms with Gasteiger partial charge in [0.15, 0.2) is 5.13 Å². The number of hydrogen-bond donors (Lipinski definition) is 1. The van der Waals surface area contributed by atoms with Crippen molar-refractivity contribution in [3.63, 3.8) is 0 Å². The van der Waals surface area contributed by atoms with Gasteiger partial charge in [0.2, 0.25) is 0 Å². The van der Waals surface area contributed by atoms with Crippen molar-refractivity contribution in [2.75, 3.05) is 11.9 Å². The predicted molar refractivity (Wildman–Crippen MR) is 124 cm³/mol. The molecule has 1 N–H and O–H groups in total. The third-order valence-electron chi connectivity index (χ3n) is 4.80. The van der Waals surface area contributed by atoms with Gasteiger partial charge < -0.3 is 18.9 Å². The first kappa shape index (κ1) is 26.9. The van der Waals surface area contributed by atoms with Crippen LogP contribution in [-0.2, 0) is 23.7 Å². The summed E-state index contributed by atoms with van der Waals surface area (Å²) in [6.45, 7) is 12.4. The molecule has 33 heavy (non-hydrogen) atoms. The highest BCUT2D eigenvalue weighted by atomic mass is 32.1. The number of ether oxygens (including phenoxy) is 4. The Morgan fingerprint density at radius 1 is 1.09 bits per heavy atom. The lowest BCUT2D eigenvalue weighted by molar-refractivity contribution is -0.150. The molecule has 1 aromatic rings. The normalized spacial score (nSPS) is 16.6. The van der Waals surface area contributed by atoms with Gasteiger partial charge in [0.1, 0.15) is 23.2 Å². The Kier molecular flexibility index (Phi) is 9.11. The molecule has 1 amide bonds. The third-order valence-corrected chi connectivity index (χ3v) is 5.58. The smallest absolute Gasteiger partial charge is 0.465 e. The van der Waals surface area contributed by atoms with Crippen LogP contribution in [0.4, 0.5) is 14.7 Å². The van der Waals surface area contributed by atoms with E-state index in [0.29, 0.717) is 5.69 Å². The Labute approximate surface area is 199 Å². The monoisotopic (exact) mass is 484 g/mol. The van der Waals surface area contributed by atoms with E-state index < -0.39 is 41.4 Å². The van der Waals surface area contributed by atoms with Gasteiger partial charge in [-0.2, -0.15) is 0 Å². The summed E-state index contributed by atoms with van der Waals surface area (Å²) in [6, 6.07) is 0. The van der Waals surface area contributed by atoms with Crippen LogP contribution in [0.1, 0.15) is 85.8 Å². The summed E-state index contributed by atoms with van der Waals surface area (Å²) < 4.78 is 21.7. The van der Waals surface area contributed by atoms with Gasteiger partial charge in [0.25, 0.3) is 0 Å². The molecule has 10 heteroatoms. The number of carbonyl (C=O) groups is 3. The summed E-state index contributed by atoms with van der Waals surface area (Å²) in [5.74, 6) is -1.51. The van der Waals surface area contributed by atoms with Crippen molar-refractivity contribution < 1.29 is 33.3 Å². The SMILES string of the molecule is CCOC(=O)C(c1csc(NC(=O)OC(C)(C)C)n1)C(OC(=O)OC(C)(C)C)C1CCCC1. The van der Waals surface area contributed by atoms with Gasteiger partial charge in [-0.15, -0.1) is 11.3 Å². The summed E-state index contributed by atoms with van der Waals surface area (Å²) in [5.41, 5.74) is -1.03. The summed E-state index contributed by atoms with van der Waals surface area (Å²) in [5, 5.41) is 4.52. The fourth-order valence-corrected chi connectivity index (χ4v) is 4.37. The quantitative estimate of drug-likeness (QED) is 0.390. The highest BCUT2D eigenvalue weighted by molar-refractivity contribution is 7.13. The van der Waals surface area contributed by atoms with Crippen LogP contribution in [0.5, 0.6) is 0 Å². The van der Waals surface area contributed by atoms with Gasteiger partial charge in [-0.05, 0) is 67.2 Å². The molecule has 186 valence electrons. The molecule has 0 saturated heterocycles. The summed E-state index contributed by atoms with van der Waals surface area (Å²) in [4.78, 5) is 42.1. The maximum Gasteiger partial charge on any atom is 0.509 e. The predicted octanol–water partition coefficient (Wildman–Crippen LogP) is 5.65. The first-order chi connectivity index (χ1) is 15.3. The molecule has 1 fully saturated rings. The molecule has 2 unspecified atom stereocenters. The molecular weight excluding hydrogens is 448 g/mol. The average molecular weight is 485 g/mol. The van der Waals surface area contributed by atoms with Crippen LogP contribution in [0.2, 0.25) is 0 Å². The van der Waals surface area contributed by atoms with Crippen LogP contribution in [0, 0.1) is 5.92 Å². The molecule has 1 aliphatic carbocycles. The molecule has 0 radical (unpaired) electrons. The Hall–Kier alpha value is -2.36. The molecule has 0 spiro atoms. The second-order valence-electron chi connectivity index (χ2n) is 10.0. The topological polar surface area (TPSA) is 113 Å². The van der Waals surface area contributed by atoms with Crippen molar-refractivity contribution >= 4 is 34.7 Å². The number of thiazole rings is 1. The van der Waals surface area contributed by atoms with E-state index in [-0.39, 0.29) is 17.7 Å². The first-order valence-electron chi connectivity index (χ1n) is 11.3. The first-order valence-corrected chi connectivity index (χ1v) is 12.2. The molecule has 1 aliphatic rings. The number of hydrogen-bond acceptors (Lipinski definition) is 9. The van der Waals surface area contributed by atoms with Crippen molar-refractivity contribution in [1.29, 1.82) is 0 Å². The molecule has 2 rings (SSSR count). The molecule has 1 saturated carbocycles. The van der Waals surface area contributed by atoms with E-state index in [2.05, 4.69) is 10.3 Å². The maximum absolute atomic E-state index is 13.0. The molecule has 2 atom stereocenters. The van der Waals surface area contributed by atoms with Crippen LogP contribution >= 0.6 is 11.3 Å². The fraction of sp³-hybridized carbons (Fsp3) is 0.739. The third kappa shape index (κ3) is 8.83. The molecule has 9 nitrogen and oxygen atoms in total. The van der Waals surface area contributed by atoms with Crippen LogP contribution in [0.3, 0.4) is 0 Å². The number of carbonyl (C=O) groups excluding carboxylic acids is 3. The Morgan fingerprint density at radius 2 is 1.70 bits per heavy atom. The van der Waals surface area contributed by atoms with E-state index in [0.717, 1.165) is 37.0 Å². The van der Waals surface area contributed by atoms with Gasteiger partial charge in [-0.3, -0.25) is 10.1 Å². The minimum Gasteiger partial charge on any atom is -0.465 e. The van der Waals surface area contributed by atoms with E-state index in [1.54, 1.807) is 53.8 Å². The van der Waals surface area contributed by atoms with E-state index in [1.807, 2.05) is 0 Å². The number of nitrogens with one attached hydrogen (secondary N) is 1. The summed E-state index contributed by atoms with van der Waals surface area (Å²) in [7, 11) is 0. The van der Waals surface area contributed by atoms with Gasteiger partial charge in [0.05, 0.1) is 12.3 Å². The minimum absolute atomic E-state index is 0.0316. The van der Waals surface area contributed by atoms with Crippen LogP contribution in [0.25, 0.3) is 0 Å². The lowest BCUT2D eigenvalue weighted by Crippen LogP contribution is -2.38. The van der Waals surface area contributed by atoms with Crippen LogP contribution in [0.15, 0.2) is 5.38 Å². The minimum atomic E-state index is -0.939. The second-order valence-corrected chi connectivity index (χ2v) is 10.9. The zero-order valence-electron chi connectivity index (χ0n) is 20.6. The maximum atomic E-state index is 13.0. The van der Waals surface area contributed by atoms with Crippen molar-refractivity contribution in [3.05, 3.63) is 11.1 Å². The van der Waals surface area contributed by atoms with Gasteiger partial charge in [-0.25, -0.2) is 14.6 Å². The van der Waals surface area contributed by atoms with Crippen molar-refractivity contribution in [1.82, 2.24) is 4.98 Å². The standard InChI is InChI=1S/C23H36N2O7S/c1-8-29-18(26)16(15-13-33-19(24-15)25-20(27)31-22(2,3)4)17(14-11-9-10-12-14)30-21(28)32-23(5,6)7/h13-14,16-17H,8-12H2,1-7H3,(H,24,25,27). The largest absolute Gasteiger partial charge is 0.509 e. The number of aromatic nitrogens is 1. The zero-order valence-corrected chi connectivity index (χ0v) is 21.4. The van der Waals surface area contributed by atoms with Crippen molar-refractivity contribution in [2.24, 2.45) is 5.92 Å². The Balaban J connectivity index is 2.31. The second kappa shape index (κ2) is 11.2. The van der Waals surface area contributed by atoms with Crippen LogP contribution < -0.4 is 5.32 Å². The highest BCUT2D eigenvalue weighted by Crippen LogP contribution is 2.38. The summed E-state index contributed by atoms with van der Waals surface area (Å²) in [6.07, 6.45) is 1.32. The average Bonchev–Trinajstić information content (AvgIpc) is 3.30. The van der Waals surface area contributed by atoms with Gasteiger partial charge in [-0.1, -0.05) is 12.8 Å². The fourth-order valence-electron chi connectivity index (χ4n) is 3.64. The Morgan fingerprint density at radius 3 is 2.24 bits per heavy atom. The number of amides is 1. The number of rotatable bonds is 7. The molecule has 0 aliphatic heterocycles. The van der Waals surface area contributed by atoms with Gasteiger partial charge in [0, 0.05) is 5.38 Å². The number of esters is 1. The van der Waals surface area contributed by atoms with Crippen molar-refractivity contribution in [2.45, 2.75) is 97.4 Å². The van der Waals surface area contributed by atoms with E-state index >= 15 is 0 Å². The van der Waals surface area contributed by atoms with E-state index in [4.69, 9.17) is 18.9 Å². The molecule has 0 aromatic carbocycles. The molecular formula is C23H36N2O7S. The van der Waals surface area contributed by atoms with Crippen molar-refractivity contribution in [3.8, 4) is 0 Å². The molecule has 0 bridgehead atoms. The van der Waals surface area contributed by atoms with E-state index in [9.17, 15) is 14.4 Å². The van der Waals surface area contributed by atoms with E-state index in [1.165, 1.54) is 0 Å². The Bertz CT molecular complexity index is 820. The molecule has 1 heterocycles. The summed E-state index contributed by atoms with van der Waals surface area (Å²) >= 11 is 1.15. The zero-order chi connectivity index (χ0) is 24.8. The highest BCUT2D eigenvalue weighted by Gasteiger charge is 2.42.